The number of amides is 2. The average molecular weight is 364 g/mol. The topological polar surface area (TPSA) is 72.9 Å². The fraction of sp³-hybridized carbons (Fsp3) is 0.118. The first-order valence-corrected chi connectivity index (χ1v) is 7.61. The summed E-state index contributed by atoms with van der Waals surface area (Å²) in [5, 5.41) is 0.492. The third-order valence-electron chi connectivity index (χ3n) is 3.41. The number of fused-ring (bicyclic) bond motifs is 1. The Hall–Kier alpha value is -2.93. The minimum Gasteiger partial charge on any atom is -0.491 e. The van der Waals surface area contributed by atoms with Crippen molar-refractivity contribution >= 4 is 29.4 Å². The van der Waals surface area contributed by atoms with Crippen LogP contribution >= 0.6 is 11.6 Å². The molecular formula is C17H11ClFNO5. The first-order valence-electron chi connectivity index (χ1n) is 7.24. The molecule has 128 valence electrons. The van der Waals surface area contributed by atoms with Crippen LogP contribution in [0.5, 0.6) is 5.75 Å². The highest BCUT2D eigenvalue weighted by molar-refractivity contribution is 6.32. The lowest BCUT2D eigenvalue weighted by Crippen LogP contribution is -2.33. The highest BCUT2D eigenvalue weighted by Crippen LogP contribution is 2.25. The van der Waals surface area contributed by atoms with E-state index in [0.717, 1.165) is 6.07 Å². The molecule has 0 N–H and O–H groups in total. The summed E-state index contributed by atoms with van der Waals surface area (Å²) in [6, 6.07) is 9.73. The van der Waals surface area contributed by atoms with Crippen molar-refractivity contribution in [1.82, 2.24) is 5.06 Å². The van der Waals surface area contributed by atoms with Gasteiger partial charge in [-0.2, -0.15) is 0 Å². The largest absolute Gasteiger partial charge is 0.491 e. The average Bonchev–Trinajstić information content (AvgIpc) is 2.82. The highest BCUT2D eigenvalue weighted by Gasteiger charge is 2.38. The van der Waals surface area contributed by atoms with E-state index in [-0.39, 0.29) is 34.9 Å². The second kappa shape index (κ2) is 6.90. The molecule has 0 aromatic heterocycles. The van der Waals surface area contributed by atoms with Crippen LogP contribution in [0.25, 0.3) is 0 Å². The molecule has 0 radical (unpaired) electrons. The first-order chi connectivity index (χ1) is 12.0. The summed E-state index contributed by atoms with van der Waals surface area (Å²) >= 11 is 5.79. The Labute approximate surface area is 146 Å². The normalized spacial score (nSPS) is 13.0. The van der Waals surface area contributed by atoms with Gasteiger partial charge in [0.15, 0.2) is 0 Å². The first kappa shape index (κ1) is 16.9. The van der Waals surface area contributed by atoms with Gasteiger partial charge in [-0.15, -0.1) is 0 Å². The van der Waals surface area contributed by atoms with Crippen molar-refractivity contribution in [3.05, 3.63) is 64.4 Å². The van der Waals surface area contributed by atoms with Gasteiger partial charge in [-0.25, -0.2) is 9.18 Å². The second-order valence-corrected chi connectivity index (χ2v) is 5.49. The van der Waals surface area contributed by atoms with Crippen LogP contribution < -0.4 is 4.74 Å². The minimum absolute atomic E-state index is 0.0636. The molecule has 2 aromatic carbocycles. The van der Waals surface area contributed by atoms with Gasteiger partial charge in [-0.05, 0) is 30.3 Å². The van der Waals surface area contributed by atoms with Gasteiger partial charge in [0.2, 0.25) is 0 Å². The molecule has 1 aliphatic heterocycles. The van der Waals surface area contributed by atoms with Crippen molar-refractivity contribution in [2.75, 3.05) is 6.61 Å². The third-order valence-corrected chi connectivity index (χ3v) is 3.70. The zero-order valence-electron chi connectivity index (χ0n) is 12.7. The van der Waals surface area contributed by atoms with Gasteiger partial charge in [-0.1, -0.05) is 28.8 Å². The molecule has 3 rings (SSSR count). The highest BCUT2D eigenvalue weighted by atomic mass is 35.5. The van der Waals surface area contributed by atoms with E-state index in [1.165, 1.54) is 24.3 Å². The fourth-order valence-corrected chi connectivity index (χ4v) is 2.46. The minimum atomic E-state index is -0.826. The van der Waals surface area contributed by atoms with Crippen LogP contribution in [0.3, 0.4) is 0 Å². The molecule has 0 atom stereocenters. The van der Waals surface area contributed by atoms with E-state index in [1.54, 1.807) is 12.1 Å². The number of carbonyl (C=O) groups excluding carboxylic acids is 3. The van der Waals surface area contributed by atoms with Crippen LogP contribution in [0.1, 0.15) is 27.1 Å². The molecule has 6 nitrogen and oxygen atoms in total. The van der Waals surface area contributed by atoms with Crippen LogP contribution in [0.15, 0.2) is 42.5 Å². The quantitative estimate of drug-likeness (QED) is 0.763. The Morgan fingerprint density at radius 3 is 2.32 bits per heavy atom. The number of hydrogen-bond acceptors (Lipinski definition) is 5. The molecule has 1 aliphatic rings. The molecule has 0 saturated heterocycles. The third kappa shape index (κ3) is 3.46. The summed E-state index contributed by atoms with van der Waals surface area (Å²) in [5.41, 5.74) is 0.351. The monoisotopic (exact) mass is 363 g/mol. The van der Waals surface area contributed by atoms with E-state index in [0.29, 0.717) is 5.06 Å². The van der Waals surface area contributed by atoms with E-state index in [9.17, 15) is 18.8 Å². The molecule has 8 heteroatoms. The standard InChI is InChI=1S/C17H11ClFNO5/c18-13-9-10(19)5-6-14(13)24-8-7-15(21)25-20-16(22)11-3-1-2-4-12(11)17(20)23/h1-6,9H,7-8H2. The summed E-state index contributed by atoms with van der Waals surface area (Å²) in [5.74, 6) is -2.53. The molecule has 0 aliphatic carbocycles. The van der Waals surface area contributed by atoms with Crippen LogP contribution in [0.4, 0.5) is 4.39 Å². The van der Waals surface area contributed by atoms with Gasteiger partial charge in [-0.3, -0.25) is 9.59 Å². The Balaban J connectivity index is 1.55. The molecule has 0 bridgehead atoms. The van der Waals surface area contributed by atoms with Crippen molar-refractivity contribution in [3.8, 4) is 5.75 Å². The summed E-state index contributed by atoms with van der Waals surface area (Å²) in [7, 11) is 0. The molecule has 1 heterocycles. The van der Waals surface area contributed by atoms with Crippen LogP contribution in [0.2, 0.25) is 5.02 Å². The molecule has 0 unspecified atom stereocenters. The van der Waals surface area contributed by atoms with E-state index < -0.39 is 23.6 Å². The van der Waals surface area contributed by atoms with Crippen molar-refractivity contribution in [2.45, 2.75) is 6.42 Å². The summed E-state index contributed by atoms with van der Waals surface area (Å²) < 4.78 is 18.2. The number of hydrogen-bond donors (Lipinski definition) is 0. The maximum absolute atomic E-state index is 12.9. The van der Waals surface area contributed by atoms with Crippen LogP contribution in [-0.4, -0.2) is 29.5 Å². The van der Waals surface area contributed by atoms with Gasteiger partial charge < -0.3 is 9.57 Å². The maximum Gasteiger partial charge on any atom is 0.336 e. The lowest BCUT2D eigenvalue weighted by Gasteiger charge is -2.13. The van der Waals surface area contributed by atoms with E-state index in [2.05, 4.69) is 0 Å². The van der Waals surface area contributed by atoms with E-state index in [1.807, 2.05) is 0 Å². The van der Waals surface area contributed by atoms with Gasteiger partial charge >= 0.3 is 5.97 Å². The summed E-state index contributed by atoms with van der Waals surface area (Å²) in [4.78, 5) is 40.8. The zero-order chi connectivity index (χ0) is 18.0. The van der Waals surface area contributed by atoms with Crippen LogP contribution in [-0.2, 0) is 9.63 Å². The Morgan fingerprint density at radius 2 is 1.72 bits per heavy atom. The van der Waals surface area contributed by atoms with Crippen LogP contribution in [0, 0.1) is 5.82 Å². The number of halogens is 2. The molecule has 2 aromatic rings. The number of hydroxylamine groups is 2. The van der Waals surface area contributed by atoms with Crippen molar-refractivity contribution < 1.29 is 28.3 Å². The van der Waals surface area contributed by atoms with E-state index in [4.69, 9.17) is 21.2 Å². The zero-order valence-corrected chi connectivity index (χ0v) is 13.5. The summed E-state index contributed by atoms with van der Waals surface area (Å²) in [6.07, 6.45) is -0.235. The number of ether oxygens (including phenoxy) is 1. The number of rotatable bonds is 5. The van der Waals surface area contributed by atoms with Crippen molar-refractivity contribution in [1.29, 1.82) is 0 Å². The van der Waals surface area contributed by atoms with Gasteiger partial charge in [0, 0.05) is 0 Å². The number of nitrogens with zero attached hydrogens (tertiary/aromatic N) is 1. The van der Waals surface area contributed by atoms with Crippen molar-refractivity contribution in [2.24, 2.45) is 0 Å². The van der Waals surface area contributed by atoms with Gasteiger partial charge in [0.05, 0.1) is 29.2 Å². The van der Waals surface area contributed by atoms with Gasteiger partial charge in [0.25, 0.3) is 11.8 Å². The van der Waals surface area contributed by atoms with E-state index >= 15 is 0 Å². The number of carbonyl (C=O) groups is 3. The lowest BCUT2D eigenvalue weighted by atomic mass is 10.1. The number of imide groups is 1. The lowest BCUT2D eigenvalue weighted by molar-refractivity contribution is -0.169. The Morgan fingerprint density at radius 1 is 1.08 bits per heavy atom. The molecule has 0 fully saturated rings. The molecule has 2 amide bonds. The Kier molecular flexibility index (Phi) is 4.67. The number of benzene rings is 2. The molecular weight excluding hydrogens is 353 g/mol. The molecule has 0 spiro atoms. The van der Waals surface area contributed by atoms with Crippen molar-refractivity contribution in [3.63, 3.8) is 0 Å². The maximum atomic E-state index is 12.9. The SMILES string of the molecule is O=C(CCOc1ccc(F)cc1Cl)ON1C(=O)c2ccccc2C1=O. The fourth-order valence-electron chi connectivity index (χ4n) is 2.23. The molecule has 0 saturated carbocycles. The van der Waals surface area contributed by atoms with Gasteiger partial charge in [0.1, 0.15) is 11.6 Å². The predicted molar refractivity (Wildman–Crippen MR) is 84.6 cm³/mol. The Bertz CT molecular complexity index is 835. The summed E-state index contributed by atoms with van der Waals surface area (Å²) in [6.45, 7) is -0.118. The smallest absolute Gasteiger partial charge is 0.336 e. The second-order valence-electron chi connectivity index (χ2n) is 5.09. The molecule has 25 heavy (non-hydrogen) atoms. The predicted octanol–water partition coefficient (Wildman–Crippen LogP) is 3.00.